The maximum atomic E-state index is 12.0. The number of amides is 2. The second-order valence-corrected chi connectivity index (χ2v) is 6.39. The average Bonchev–Trinajstić information content (AvgIpc) is 3.23. The maximum absolute atomic E-state index is 12.0. The summed E-state index contributed by atoms with van der Waals surface area (Å²) < 4.78 is 0. The Balaban J connectivity index is 1.88. The molecular formula is C16H23ClN2O2. The van der Waals surface area contributed by atoms with Gasteiger partial charge >= 0.3 is 6.03 Å². The van der Waals surface area contributed by atoms with E-state index >= 15 is 0 Å². The third-order valence-electron chi connectivity index (χ3n) is 4.11. The van der Waals surface area contributed by atoms with E-state index in [1.54, 1.807) is 18.9 Å². The van der Waals surface area contributed by atoms with Gasteiger partial charge in [-0.1, -0.05) is 29.8 Å². The summed E-state index contributed by atoms with van der Waals surface area (Å²) in [5.74, 6) is 0. The van der Waals surface area contributed by atoms with Crippen LogP contribution in [0.2, 0.25) is 5.02 Å². The van der Waals surface area contributed by atoms with E-state index in [0.717, 1.165) is 23.4 Å². The molecular weight excluding hydrogens is 288 g/mol. The number of nitrogens with zero attached hydrogens (tertiary/aromatic N) is 1. The number of benzene rings is 1. The van der Waals surface area contributed by atoms with Crippen LogP contribution in [0, 0.1) is 0 Å². The SMILES string of the molecule is CC(O)CCN(C)C(=O)NCC1(c2ccccc2Cl)CC1. The summed E-state index contributed by atoms with van der Waals surface area (Å²) >= 11 is 6.26. The molecule has 1 aromatic carbocycles. The Morgan fingerprint density at radius 3 is 2.71 bits per heavy atom. The number of halogens is 1. The molecule has 0 saturated heterocycles. The molecule has 116 valence electrons. The number of rotatable bonds is 6. The summed E-state index contributed by atoms with van der Waals surface area (Å²) in [5, 5.41) is 13.0. The molecule has 0 aliphatic heterocycles. The zero-order chi connectivity index (χ0) is 15.5. The third kappa shape index (κ3) is 4.11. The summed E-state index contributed by atoms with van der Waals surface area (Å²) in [4.78, 5) is 13.7. The minimum Gasteiger partial charge on any atom is -0.393 e. The van der Waals surface area contributed by atoms with Gasteiger partial charge in [0.05, 0.1) is 6.10 Å². The molecule has 0 spiro atoms. The molecule has 1 fully saturated rings. The van der Waals surface area contributed by atoms with Gasteiger partial charge in [-0.15, -0.1) is 0 Å². The number of aliphatic hydroxyl groups is 1. The van der Waals surface area contributed by atoms with Gasteiger partial charge in [0.15, 0.2) is 0 Å². The van der Waals surface area contributed by atoms with Crippen LogP contribution in [0.1, 0.15) is 31.7 Å². The molecule has 5 heteroatoms. The van der Waals surface area contributed by atoms with Crippen molar-refractivity contribution < 1.29 is 9.90 Å². The topological polar surface area (TPSA) is 52.6 Å². The minimum atomic E-state index is -0.391. The van der Waals surface area contributed by atoms with Gasteiger partial charge in [-0.05, 0) is 37.8 Å². The van der Waals surface area contributed by atoms with Crippen LogP contribution < -0.4 is 5.32 Å². The van der Waals surface area contributed by atoms with E-state index in [-0.39, 0.29) is 11.4 Å². The molecule has 2 N–H and O–H groups in total. The number of urea groups is 1. The lowest BCUT2D eigenvalue weighted by atomic mass is 9.96. The largest absolute Gasteiger partial charge is 0.393 e. The first-order valence-electron chi connectivity index (χ1n) is 7.37. The number of nitrogens with one attached hydrogen (secondary N) is 1. The highest BCUT2D eigenvalue weighted by molar-refractivity contribution is 6.31. The molecule has 2 rings (SSSR count). The van der Waals surface area contributed by atoms with E-state index in [4.69, 9.17) is 11.6 Å². The lowest BCUT2D eigenvalue weighted by Gasteiger charge is -2.22. The first-order chi connectivity index (χ1) is 9.94. The fraction of sp³-hybridized carbons (Fsp3) is 0.562. The van der Waals surface area contributed by atoms with E-state index in [0.29, 0.717) is 19.5 Å². The highest BCUT2D eigenvalue weighted by Crippen LogP contribution is 2.49. The second kappa shape index (κ2) is 6.67. The predicted octanol–water partition coefficient (Wildman–Crippen LogP) is 2.78. The van der Waals surface area contributed by atoms with Gasteiger partial charge in [-0.25, -0.2) is 4.79 Å². The van der Waals surface area contributed by atoms with E-state index in [9.17, 15) is 9.90 Å². The highest BCUT2D eigenvalue weighted by Gasteiger charge is 2.45. The Hall–Kier alpha value is -1.26. The monoisotopic (exact) mass is 310 g/mol. The Labute approximate surface area is 131 Å². The van der Waals surface area contributed by atoms with E-state index in [1.165, 1.54) is 0 Å². The molecule has 1 atom stereocenters. The summed E-state index contributed by atoms with van der Waals surface area (Å²) in [6.07, 6.45) is 2.29. The molecule has 0 aromatic heterocycles. The summed E-state index contributed by atoms with van der Waals surface area (Å²) in [7, 11) is 1.74. The van der Waals surface area contributed by atoms with Crippen molar-refractivity contribution in [2.24, 2.45) is 0 Å². The Morgan fingerprint density at radius 2 is 2.14 bits per heavy atom. The van der Waals surface area contributed by atoms with Crippen molar-refractivity contribution in [1.29, 1.82) is 0 Å². The first-order valence-corrected chi connectivity index (χ1v) is 7.74. The second-order valence-electron chi connectivity index (χ2n) is 5.98. The zero-order valence-corrected chi connectivity index (χ0v) is 13.4. The quantitative estimate of drug-likeness (QED) is 0.849. The lowest BCUT2D eigenvalue weighted by molar-refractivity contribution is 0.163. The Bertz CT molecular complexity index is 501. The van der Waals surface area contributed by atoms with Gasteiger partial charge in [0.25, 0.3) is 0 Å². The molecule has 1 aromatic rings. The van der Waals surface area contributed by atoms with Crippen molar-refractivity contribution >= 4 is 17.6 Å². The van der Waals surface area contributed by atoms with Crippen molar-refractivity contribution in [2.45, 2.75) is 37.7 Å². The van der Waals surface area contributed by atoms with Crippen molar-refractivity contribution in [3.8, 4) is 0 Å². The van der Waals surface area contributed by atoms with Crippen LogP contribution in [0.5, 0.6) is 0 Å². The number of carbonyl (C=O) groups is 1. The van der Waals surface area contributed by atoms with Crippen LogP contribution in [0.25, 0.3) is 0 Å². The predicted molar refractivity (Wildman–Crippen MR) is 84.7 cm³/mol. The zero-order valence-electron chi connectivity index (χ0n) is 12.6. The van der Waals surface area contributed by atoms with Crippen LogP contribution >= 0.6 is 11.6 Å². The first kappa shape index (κ1) is 16.1. The Kier molecular flexibility index (Phi) is 5.12. The van der Waals surface area contributed by atoms with E-state index in [1.807, 2.05) is 24.3 Å². The van der Waals surface area contributed by atoms with Gasteiger partial charge in [0, 0.05) is 30.6 Å². The smallest absolute Gasteiger partial charge is 0.317 e. The van der Waals surface area contributed by atoms with Crippen LogP contribution in [0.4, 0.5) is 4.79 Å². The molecule has 1 unspecified atom stereocenters. The molecule has 4 nitrogen and oxygen atoms in total. The average molecular weight is 311 g/mol. The van der Waals surface area contributed by atoms with E-state index < -0.39 is 6.10 Å². The summed E-state index contributed by atoms with van der Waals surface area (Å²) in [6, 6.07) is 7.74. The van der Waals surface area contributed by atoms with Gasteiger partial charge < -0.3 is 15.3 Å². The van der Waals surface area contributed by atoms with Gasteiger partial charge in [-0.2, -0.15) is 0 Å². The molecule has 2 amide bonds. The minimum absolute atomic E-state index is 0.000879. The van der Waals surface area contributed by atoms with Crippen molar-refractivity contribution in [2.75, 3.05) is 20.1 Å². The number of hydrogen-bond acceptors (Lipinski definition) is 2. The van der Waals surface area contributed by atoms with Crippen LogP contribution in [0.15, 0.2) is 24.3 Å². The normalized spacial score (nSPS) is 17.1. The van der Waals surface area contributed by atoms with Crippen LogP contribution in [0.3, 0.4) is 0 Å². The summed E-state index contributed by atoms with van der Waals surface area (Å²) in [5.41, 5.74) is 1.12. The molecule has 0 heterocycles. The standard InChI is InChI=1S/C16H23ClN2O2/c1-12(20)7-10-19(2)15(21)18-11-16(8-9-16)13-5-3-4-6-14(13)17/h3-6,12,20H,7-11H2,1-2H3,(H,18,21). The molecule has 1 aliphatic carbocycles. The van der Waals surface area contributed by atoms with Gasteiger partial charge in [0.2, 0.25) is 0 Å². The van der Waals surface area contributed by atoms with Crippen molar-refractivity contribution in [3.05, 3.63) is 34.9 Å². The van der Waals surface area contributed by atoms with E-state index in [2.05, 4.69) is 5.32 Å². The number of aliphatic hydroxyl groups excluding tert-OH is 1. The molecule has 0 radical (unpaired) electrons. The van der Waals surface area contributed by atoms with Crippen molar-refractivity contribution in [1.82, 2.24) is 10.2 Å². The number of hydrogen-bond donors (Lipinski definition) is 2. The number of carbonyl (C=O) groups excluding carboxylic acids is 1. The lowest BCUT2D eigenvalue weighted by Crippen LogP contribution is -2.41. The maximum Gasteiger partial charge on any atom is 0.317 e. The third-order valence-corrected chi connectivity index (χ3v) is 4.44. The molecule has 21 heavy (non-hydrogen) atoms. The van der Waals surface area contributed by atoms with Crippen LogP contribution in [-0.2, 0) is 5.41 Å². The van der Waals surface area contributed by atoms with Crippen molar-refractivity contribution in [3.63, 3.8) is 0 Å². The van der Waals surface area contributed by atoms with Gasteiger partial charge in [0.1, 0.15) is 0 Å². The fourth-order valence-electron chi connectivity index (χ4n) is 2.45. The molecule has 1 aliphatic rings. The molecule has 1 saturated carbocycles. The summed E-state index contributed by atoms with van der Waals surface area (Å²) in [6.45, 7) is 2.87. The van der Waals surface area contributed by atoms with Gasteiger partial charge in [-0.3, -0.25) is 0 Å². The fourth-order valence-corrected chi connectivity index (χ4v) is 2.78. The molecule has 0 bridgehead atoms. The highest BCUT2D eigenvalue weighted by atomic mass is 35.5. The van der Waals surface area contributed by atoms with Crippen LogP contribution in [-0.4, -0.2) is 42.3 Å². The Morgan fingerprint density at radius 1 is 1.48 bits per heavy atom.